The average Bonchev–Trinajstić information content (AvgIpc) is 3.04. The summed E-state index contributed by atoms with van der Waals surface area (Å²) in [6, 6.07) is 9.17. The topological polar surface area (TPSA) is 30.5 Å². The first-order valence-corrected chi connectivity index (χ1v) is 9.08. The van der Waals surface area contributed by atoms with Crippen molar-refractivity contribution in [3.05, 3.63) is 29.8 Å². The fraction of sp³-hybridized carbons (Fsp3) is 0.647. The number of nitrogens with one attached hydrogen (secondary N) is 1. The Labute approximate surface area is 132 Å². The van der Waals surface area contributed by atoms with Gasteiger partial charge in [0.15, 0.2) is 0 Å². The van der Waals surface area contributed by atoms with Gasteiger partial charge in [0.2, 0.25) is 0 Å². The molecule has 0 bridgehead atoms. The molecule has 0 aromatic heterocycles. The predicted octanol–water partition coefficient (Wildman–Crippen LogP) is 3.64. The van der Waals surface area contributed by atoms with Gasteiger partial charge in [-0.15, -0.1) is 11.8 Å². The third kappa shape index (κ3) is 5.99. The van der Waals surface area contributed by atoms with Crippen molar-refractivity contribution in [2.75, 3.05) is 32.6 Å². The van der Waals surface area contributed by atoms with Gasteiger partial charge in [-0.2, -0.15) is 0 Å². The van der Waals surface area contributed by atoms with Gasteiger partial charge in [-0.25, -0.2) is 0 Å². The van der Waals surface area contributed by atoms with Crippen molar-refractivity contribution in [2.24, 2.45) is 0 Å². The number of hydrogen-bond acceptors (Lipinski definition) is 4. The Kier molecular flexibility index (Phi) is 7.58. The summed E-state index contributed by atoms with van der Waals surface area (Å²) in [5.74, 6) is 0. The number of benzene rings is 1. The van der Waals surface area contributed by atoms with Crippen molar-refractivity contribution < 1.29 is 9.47 Å². The molecular weight excluding hydrogens is 282 g/mol. The van der Waals surface area contributed by atoms with Gasteiger partial charge >= 0.3 is 0 Å². The summed E-state index contributed by atoms with van der Waals surface area (Å²) < 4.78 is 11.2. The first-order chi connectivity index (χ1) is 10.3. The number of rotatable bonds is 9. The van der Waals surface area contributed by atoms with E-state index < -0.39 is 0 Å². The van der Waals surface area contributed by atoms with E-state index in [0.29, 0.717) is 12.1 Å². The maximum Gasteiger partial charge on any atom is 0.0809 e. The standard InChI is InChI=1S/C17H27NO2S/c1-14(15-6-8-17(21-2)9-7-15)18-10-4-11-19-13-16-5-3-12-20-16/h6-9,14,16,18H,3-5,10-13H2,1-2H3. The fourth-order valence-electron chi connectivity index (χ4n) is 2.49. The highest BCUT2D eigenvalue weighted by Gasteiger charge is 2.14. The zero-order chi connectivity index (χ0) is 14.9. The van der Waals surface area contributed by atoms with E-state index in [1.165, 1.54) is 16.9 Å². The molecule has 1 heterocycles. The lowest BCUT2D eigenvalue weighted by atomic mass is 10.1. The van der Waals surface area contributed by atoms with Crippen molar-refractivity contribution >= 4 is 11.8 Å². The molecule has 2 rings (SSSR count). The number of hydrogen-bond donors (Lipinski definition) is 1. The maximum absolute atomic E-state index is 5.67. The second kappa shape index (κ2) is 9.46. The molecule has 1 fully saturated rings. The van der Waals surface area contributed by atoms with Crippen LogP contribution in [0, 0.1) is 0 Å². The molecule has 2 unspecified atom stereocenters. The molecule has 0 aliphatic carbocycles. The van der Waals surface area contributed by atoms with E-state index in [-0.39, 0.29) is 0 Å². The fourth-order valence-corrected chi connectivity index (χ4v) is 2.90. The van der Waals surface area contributed by atoms with Gasteiger partial charge < -0.3 is 14.8 Å². The summed E-state index contributed by atoms with van der Waals surface area (Å²) >= 11 is 1.78. The van der Waals surface area contributed by atoms with Crippen LogP contribution in [0.3, 0.4) is 0 Å². The minimum absolute atomic E-state index is 0.340. The number of thioether (sulfide) groups is 1. The van der Waals surface area contributed by atoms with E-state index in [1.807, 2.05) is 0 Å². The molecule has 0 spiro atoms. The zero-order valence-corrected chi connectivity index (χ0v) is 14.0. The molecule has 0 saturated carbocycles. The SMILES string of the molecule is CSc1ccc(C(C)NCCCOCC2CCCO2)cc1. The highest BCUT2D eigenvalue weighted by atomic mass is 32.2. The summed E-state index contributed by atoms with van der Waals surface area (Å²) in [5.41, 5.74) is 1.34. The van der Waals surface area contributed by atoms with E-state index in [0.717, 1.165) is 39.2 Å². The van der Waals surface area contributed by atoms with Gasteiger partial charge in [-0.1, -0.05) is 12.1 Å². The molecule has 0 radical (unpaired) electrons. The Morgan fingerprint density at radius 2 is 2.19 bits per heavy atom. The van der Waals surface area contributed by atoms with Crippen LogP contribution < -0.4 is 5.32 Å². The second-order valence-electron chi connectivity index (χ2n) is 5.51. The van der Waals surface area contributed by atoms with Crippen LogP contribution in [0.4, 0.5) is 0 Å². The minimum Gasteiger partial charge on any atom is -0.379 e. The Hall–Kier alpha value is -0.550. The van der Waals surface area contributed by atoms with Gasteiger partial charge in [0, 0.05) is 24.2 Å². The van der Waals surface area contributed by atoms with E-state index in [9.17, 15) is 0 Å². The third-order valence-corrected chi connectivity index (χ3v) is 4.60. The van der Waals surface area contributed by atoms with E-state index in [1.54, 1.807) is 11.8 Å². The Morgan fingerprint density at radius 3 is 2.86 bits per heavy atom. The monoisotopic (exact) mass is 309 g/mol. The van der Waals surface area contributed by atoms with Crippen molar-refractivity contribution in [1.29, 1.82) is 0 Å². The van der Waals surface area contributed by atoms with E-state index in [2.05, 4.69) is 42.8 Å². The minimum atomic E-state index is 0.340. The lowest BCUT2D eigenvalue weighted by Gasteiger charge is -2.15. The van der Waals surface area contributed by atoms with Crippen LogP contribution in [0.25, 0.3) is 0 Å². The molecular formula is C17H27NO2S. The van der Waals surface area contributed by atoms with Crippen molar-refractivity contribution in [1.82, 2.24) is 5.32 Å². The third-order valence-electron chi connectivity index (χ3n) is 3.86. The molecule has 3 nitrogen and oxygen atoms in total. The Morgan fingerprint density at radius 1 is 1.38 bits per heavy atom. The van der Waals surface area contributed by atoms with Crippen LogP contribution in [0.1, 0.15) is 37.8 Å². The molecule has 0 amide bonds. The molecule has 1 N–H and O–H groups in total. The second-order valence-corrected chi connectivity index (χ2v) is 6.39. The van der Waals surface area contributed by atoms with Crippen LogP contribution >= 0.6 is 11.8 Å². The summed E-state index contributed by atoms with van der Waals surface area (Å²) in [5, 5.41) is 3.55. The smallest absolute Gasteiger partial charge is 0.0809 e. The molecule has 1 aliphatic rings. The largest absolute Gasteiger partial charge is 0.379 e. The molecule has 21 heavy (non-hydrogen) atoms. The Bertz CT molecular complexity index is 390. The summed E-state index contributed by atoms with van der Waals surface area (Å²) in [7, 11) is 0. The average molecular weight is 309 g/mol. The zero-order valence-electron chi connectivity index (χ0n) is 13.1. The van der Waals surface area contributed by atoms with E-state index >= 15 is 0 Å². The maximum atomic E-state index is 5.67. The van der Waals surface area contributed by atoms with Gasteiger partial charge in [-0.05, 0) is 56.7 Å². The summed E-state index contributed by atoms with van der Waals surface area (Å²) in [6.07, 6.45) is 5.82. The van der Waals surface area contributed by atoms with Crippen LogP contribution in [-0.2, 0) is 9.47 Å². The van der Waals surface area contributed by atoms with Gasteiger partial charge in [-0.3, -0.25) is 0 Å². The van der Waals surface area contributed by atoms with Crippen molar-refractivity contribution in [3.8, 4) is 0 Å². The van der Waals surface area contributed by atoms with Crippen LogP contribution in [0.5, 0.6) is 0 Å². The Balaban J connectivity index is 1.54. The lowest BCUT2D eigenvalue weighted by molar-refractivity contribution is 0.0165. The van der Waals surface area contributed by atoms with Gasteiger partial charge in [0.05, 0.1) is 12.7 Å². The van der Waals surface area contributed by atoms with Gasteiger partial charge in [0.25, 0.3) is 0 Å². The molecule has 4 heteroatoms. The normalized spacial score (nSPS) is 19.8. The van der Waals surface area contributed by atoms with Crippen molar-refractivity contribution in [2.45, 2.75) is 43.2 Å². The molecule has 2 atom stereocenters. The lowest BCUT2D eigenvalue weighted by Crippen LogP contribution is -2.22. The van der Waals surface area contributed by atoms with Crippen LogP contribution in [0.2, 0.25) is 0 Å². The highest BCUT2D eigenvalue weighted by molar-refractivity contribution is 7.98. The quantitative estimate of drug-likeness (QED) is 0.557. The first-order valence-electron chi connectivity index (χ1n) is 7.86. The molecule has 1 aromatic rings. The molecule has 1 aliphatic heterocycles. The van der Waals surface area contributed by atoms with Gasteiger partial charge in [0.1, 0.15) is 0 Å². The molecule has 1 saturated heterocycles. The van der Waals surface area contributed by atoms with Crippen LogP contribution in [0.15, 0.2) is 29.2 Å². The predicted molar refractivity (Wildman–Crippen MR) is 89.1 cm³/mol. The molecule has 118 valence electrons. The summed E-state index contributed by atoms with van der Waals surface area (Å²) in [6.45, 7) is 5.66. The number of ether oxygens (including phenoxy) is 2. The summed E-state index contributed by atoms with van der Waals surface area (Å²) in [4.78, 5) is 1.31. The van der Waals surface area contributed by atoms with E-state index in [4.69, 9.17) is 9.47 Å². The first kappa shape index (κ1) is 16.8. The van der Waals surface area contributed by atoms with Crippen LogP contribution in [-0.4, -0.2) is 38.7 Å². The van der Waals surface area contributed by atoms with Crippen molar-refractivity contribution in [3.63, 3.8) is 0 Å². The highest BCUT2D eigenvalue weighted by Crippen LogP contribution is 2.18. The molecule has 1 aromatic carbocycles.